The molecule has 2 amide bonds. The van der Waals surface area contributed by atoms with E-state index in [4.69, 9.17) is 0 Å². The van der Waals surface area contributed by atoms with Crippen molar-refractivity contribution in [2.75, 3.05) is 32.1 Å². The highest BCUT2D eigenvalue weighted by molar-refractivity contribution is 5.92. The Labute approximate surface area is 153 Å². The summed E-state index contributed by atoms with van der Waals surface area (Å²) < 4.78 is 4.46. The number of anilines is 1. The first-order chi connectivity index (χ1) is 11.6. The lowest BCUT2D eigenvalue weighted by Gasteiger charge is -2.21. The fourth-order valence-electron chi connectivity index (χ4n) is 2.52. The van der Waals surface area contributed by atoms with Crippen LogP contribution in [0.2, 0.25) is 0 Å². The number of esters is 1. The summed E-state index contributed by atoms with van der Waals surface area (Å²) >= 11 is 0. The number of carbonyl (C=O) groups is 3. The summed E-state index contributed by atoms with van der Waals surface area (Å²) in [6.07, 6.45) is 2.08. The van der Waals surface area contributed by atoms with Gasteiger partial charge in [0.15, 0.2) is 0 Å². The summed E-state index contributed by atoms with van der Waals surface area (Å²) in [6.45, 7) is 1.54. The standard InChI is InChI=1S/C17H23N3O4.ClH/c1-24-16(22)11-19-15(21)9-12-4-6-14(7-5-12)20-17(23)13-3-2-8-18-10-13;/h4-7,13,18H,2-3,8-11H2,1H3,(H,19,21)(H,20,23);1H. The van der Waals surface area contributed by atoms with Crippen molar-refractivity contribution >= 4 is 35.9 Å². The first-order valence-corrected chi connectivity index (χ1v) is 8.02. The molecule has 1 saturated heterocycles. The summed E-state index contributed by atoms with van der Waals surface area (Å²) in [5, 5.41) is 8.60. The van der Waals surface area contributed by atoms with Crippen LogP contribution in [0.25, 0.3) is 0 Å². The molecule has 0 radical (unpaired) electrons. The van der Waals surface area contributed by atoms with Crippen LogP contribution < -0.4 is 16.0 Å². The van der Waals surface area contributed by atoms with Gasteiger partial charge in [0.25, 0.3) is 0 Å². The Bertz CT molecular complexity index is 586. The van der Waals surface area contributed by atoms with E-state index in [-0.39, 0.29) is 43.1 Å². The van der Waals surface area contributed by atoms with Gasteiger partial charge in [-0.05, 0) is 37.1 Å². The maximum absolute atomic E-state index is 12.1. The number of ether oxygens (including phenoxy) is 1. The number of nitrogens with one attached hydrogen (secondary N) is 3. The van der Waals surface area contributed by atoms with Gasteiger partial charge in [-0.1, -0.05) is 12.1 Å². The average molecular weight is 370 g/mol. The maximum Gasteiger partial charge on any atom is 0.325 e. The number of piperidine rings is 1. The van der Waals surface area contributed by atoms with E-state index in [0.717, 1.165) is 24.9 Å². The Balaban J connectivity index is 0.00000312. The van der Waals surface area contributed by atoms with Crippen LogP contribution >= 0.6 is 12.4 Å². The van der Waals surface area contributed by atoms with Crippen LogP contribution in [0.3, 0.4) is 0 Å². The van der Waals surface area contributed by atoms with Gasteiger partial charge in [0.1, 0.15) is 6.54 Å². The Hall–Kier alpha value is -2.12. The summed E-state index contributed by atoms with van der Waals surface area (Å²) in [6, 6.07) is 7.12. The van der Waals surface area contributed by atoms with E-state index in [0.29, 0.717) is 12.2 Å². The molecule has 1 aliphatic rings. The van der Waals surface area contributed by atoms with Crippen molar-refractivity contribution in [3.05, 3.63) is 29.8 Å². The van der Waals surface area contributed by atoms with Gasteiger partial charge in [0.2, 0.25) is 11.8 Å². The van der Waals surface area contributed by atoms with E-state index >= 15 is 0 Å². The lowest BCUT2D eigenvalue weighted by atomic mass is 9.99. The maximum atomic E-state index is 12.1. The number of hydrogen-bond acceptors (Lipinski definition) is 5. The fraction of sp³-hybridized carbons (Fsp3) is 0.471. The zero-order valence-corrected chi connectivity index (χ0v) is 15.0. The first-order valence-electron chi connectivity index (χ1n) is 8.02. The van der Waals surface area contributed by atoms with Crippen molar-refractivity contribution in [3.63, 3.8) is 0 Å². The third kappa shape index (κ3) is 7.11. The third-order valence-electron chi connectivity index (χ3n) is 3.91. The largest absolute Gasteiger partial charge is 0.468 e. The topological polar surface area (TPSA) is 96.5 Å². The average Bonchev–Trinajstić information content (AvgIpc) is 2.62. The third-order valence-corrected chi connectivity index (χ3v) is 3.91. The Morgan fingerprint density at radius 2 is 1.96 bits per heavy atom. The summed E-state index contributed by atoms with van der Waals surface area (Å²) in [7, 11) is 1.27. The van der Waals surface area contributed by atoms with Crippen molar-refractivity contribution in [1.29, 1.82) is 0 Å². The second-order valence-electron chi connectivity index (χ2n) is 5.76. The zero-order chi connectivity index (χ0) is 17.4. The first kappa shape index (κ1) is 20.9. The minimum absolute atomic E-state index is 0. The molecule has 1 aliphatic heterocycles. The predicted octanol–water partition coefficient (Wildman–Crippen LogP) is 0.878. The number of rotatable bonds is 6. The highest BCUT2D eigenvalue weighted by Crippen LogP contribution is 2.15. The van der Waals surface area contributed by atoms with Crippen LogP contribution in [0.4, 0.5) is 5.69 Å². The van der Waals surface area contributed by atoms with Crippen molar-refractivity contribution in [2.45, 2.75) is 19.3 Å². The van der Waals surface area contributed by atoms with Gasteiger partial charge in [-0.15, -0.1) is 12.4 Å². The van der Waals surface area contributed by atoms with Crippen LogP contribution in [-0.4, -0.2) is 44.5 Å². The number of halogens is 1. The molecule has 0 aliphatic carbocycles. The molecular formula is C17H24ClN3O4. The molecule has 1 heterocycles. The van der Waals surface area contributed by atoms with Gasteiger partial charge in [-0.25, -0.2) is 0 Å². The highest BCUT2D eigenvalue weighted by atomic mass is 35.5. The summed E-state index contributed by atoms with van der Waals surface area (Å²) in [4.78, 5) is 34.8. The second kappa shape index (κ2) is 10.7. The summed E-state index contributed by atoms with van der Waals surface area (Å²) in [5.74, 6) is -0.725. The molecule has 1 aromatic rings. The molecule has 3 N–H and O–H groups in total. The zero-order valence-electron chi connectivity index (χ0n) is 14.2. The molecule has 0 bridgehead atoms. The predicted molar refractivity (Wildman–Crippen MR) is 96.6 cm³/mol. The fourth-order valence-corrected chi connectivity index (χ4v) is 2.52. The number of amides is 2. The molecule has 0 saturated carbocycles. The van der Waals surface area contributed by atoms with E-state index in [9.17, 15) is 14.4 Å². The molecule has 0 aromatic heterocycles. The number of hydrogen-bond donors (Lipinski definition) is 3. The molecule has 8 heteroatoms. The Morgan fingerprint density at radius 3 is 2.56 bits per heavy atom. The molecule has 25 heavy (non-hydrogen) atoms. The van der Waals surface area contributed by atoms with Crippen LogP contribution in [-0.2, 0) is 25.5 Å². The smallest absolute Gasteiger partial charge is 0.325 e. The number of carbonyl (C=O) groups excluding carboxylic acids is 3. The Morgan fingerprint density at radius 1 is 1.24 bits per heavy atom. The van der Waals surface area contributed by atoms with Gasteiger partial charge in [-0.2, -0.15) is 0 Å². The molecule has 1 atom stereocenters. The van der Waals surface area contributed by atoms with Crippen LogP contribution in [0.15, 0.2) is 24.3 Å². The minimum atomic E-state index is -0.487. The van der Waals surface area contributed by atoms with Gasteiger partial charge in [0.05, 0.1) is 19.4 Å². The van der Waals surface area contributed by atoms with Crippen LogP contribution in [0.1, 0.15) is 18.4 Å². The van der Waals surface area contributed by atoms with E-state index in [2.05, 4.69) is 20.7 Å². The van der Waals surface area contributed by atoms with Crippen LogP contribution in [0.5, 0.6) is 0 Å². The molecule has 1 aromatic carbocycles. The van der Waals surface area contributed by atoms with Gasteiger partial charge in [0, 0.05) is 12.2 Å². The normalized spacial score (nSPS) is 16.3. The molecule has 138 valence electrons. The van der Waals surface area contributed by atoms with Crippen molar-refractivity contribution in [1.82, 2.24) is 10.6 Å². The lowest BCUT2D eigenvalue weighted by Crippen LogP contribution is -2.37. The van der Waals surface area contributed by atoms with Crippen molar-refractivity contribution in [3.8, 4) is 0 Å². The van der Waals surface area contributed by atoms with E-state index in [1.165, 1.54) is 7.11 Å². The molecule has 0 spiro atoms. The monoisotopic (exact) mass is 369 g/mol. The van der Waals surface area contributed by atoms with Gasteiger partial charge >= 0.3 is 5.97 Å². The molecule has 2 rings (SSSR count). The SMILES string of the molecule is COC(=O)CNC(=O)Cc1ccc(NC(=O)C2CCCNC2)cc1.Cl. The van der Waals surface area contributed by atoms with Crippen molar-refractivity contribution < 1.29 is 19.1 Å². The second-order valence-corrected chi connectivity index (χ2v) is 5.76. The number of benzene rings is 1. The van der Waals surface area contributed by atoms with Crippen LogP contribution in [0, 0.1) is 5.92 Å². The van der Waals surface area contributed by atoms with E-state index in [1.807, 2.05) is 0 Å². The molecule has 1 fully saturated rings. The lowest BCUT2D eigenvalue weighted by molar-refractivity contribution is -0.141. The van der Waals surface area contributed by atoms with E-state index < -0.39 is 5.97 Å². The Kier molecular flexibility index (Phi) is 8.94. The molecular weight excluding hydrogens is 346 g/mol. The molecule has 1 unspecified atom stereocenters. The molecule has 7 nitrogen and oxygen atoms in total. The van der Waals surface area contributed by atoms with E-state index in [1.54, 1.807) is 24.3 Å². The quantitative estimate of drug-likeness (QED) is 0.647. The van der Waals surface area contributed by atoms with Gasteiger partial charge < -0.3 is 20.7 Å². The number of methoxy groups -OCH3 is 1. The van der Waals surface area contributed by atoms with Gasteiger partial charge in [-0.3, -0.25) is 14.4 Å². The van der Waals surface area contributed by atoms with Crippen molar-refractivity contribution in [2.24, 2.45) is 5.92 Å². The summed E-state index contributed by atoms with van der Waals surface area (Å²) in [5.41, 5.74) is 1.51. The minimum Gasteiger partial charge on any atom is -0.468 e. The highest BCUT2D eigenvalue weighted by Gasteiger charge is 2.20.